The van der Waals surface area contributed by atoms with Gasteiger partial charge >= 0.3 is 6.09 Å². The van der Waals surface area contributed by atoms with Crippen molar-refractivity contribution in [3.8, 4) is 11.8 Å². The van der Waals surface area contributed by atoms with Gasteiger partial charge in [0.05, 0.1) is 6.07 Å². The molecule has 0 aliphatic carbocycles. The molecule has 0 bridgehead atoms. The monoisotopic (exact) mass is 258 g/mol. The first-order valence-corrected chi connectivity index (χ1v) is 5.04. The quantitative estimate of drug-likeness (QED) is 0.767. The van der Waals surface area contributed by atoms with Crippen LogP contribution in [0, 0.1) is 11.3 Å². The maximum absolute atomic E-state index is 11.4. The van der Waals surface area contributed by atoms with Gasteiger partial charge in [0, 0.05) is 17.1 Å². The number of rotatable bonds is 2. The van der Waals surface area contributed by atoms with Gasteiger partial charge in [-0.3, -0.25) is 4.90 Å². The summed E-state index contributed by atoms with van der Waals surface area (Å²) in [6.45, 7) is -0.0485. The van der Waals surface area contributed by atoms with Crippen molar-refractivity contribution in [2.24, 2.45) is 0 Å². The number of nitrogens with zero attached hydrogens (tertiary/aromatic N) is 2. The van der Waals surface area contributed by atoms with E-state index >= 15 is 0 Å². The van der Waals surface area contributed by atoms with Crippen LogP contribution in [-0.2, 0) is 0 Å². The van der Waals surface area contributed by atoms with Gasteiger partial charge in [-0.25, -0.2) is 4.79 Å². The smallest absolute Gasteiger partial charge is 0.410 e. The Morgan fingerprint density at radius 2 is 2.00 bits per heavy atom. The molecular weight excluding hydrogens is 251 g/mol. The number of carbonyl (C=O) groups is 1. The van der Waals surface area contributed by atoms with E-state index in [-0.39, 0.29) is 12.3 Å². The number of carbonyl (C=O) groups excluding carboxylic acids is 1. The average molecular weight is 259 g/mol. The second-order valence-electron chi connectivity index (χ2n) is 2.99. The number of hydrogen-bond acceptors (Lipinski definition) is 3. The van der Waals surface area contributed by atoms with E-state index in [1.54, 1.807) is 0 Å². The maximum atomic E-state index is 11.4. The third-order valence-corrected chi connectivity index (χ3v) is 2.10. The molecule has 1 amide bonds. The molecule has 0 radical (unpaired) electrons. The van der Waals surface area contributed by atoms with Crippen molar-refractivity contribution < 1.29 is 9.53 Å². The van der Waals surface area contributed by atoms with Crippen LogP contribution >= 0.6 is 23.2 Å². The van der Waals surface area contributed by atoms with Gasteiger partial charge in [-0.15, -0.1) is 0 Å². The van der Waals surface area contributed by atoms with Gasteiger partial charge in [-0.05, 0) is 18.2 Å². The molecule has 0 aliphatic heterocycles. The third kappa shape index (κ3) is 3.61. The van der Waals surface area contributed by atoms with E-state index in [1.807, 2.05) is 6.07 Å². The molecule has 84 valence electrons. The average Bonchev–Trinajstić information content (AvgIpc) is 2.16. The van der Waals surface area contributed by atoms with Crippen molar-refractivity contribution >= 4 is 29.3 Å². The number of amides is 1. The second kappa shape index (κ2) is 5.59. The van der Waals surface area contributed by atoms with E-state index in [2.05, 4.69) is 0 Å². The molecule has 0 N–H and O–H groups in total. The first-order chi connectivity index (χ1) is 7.52. The minimum absolute atomic E-state index is 0.0485. The molecule has 4 nitrogen and oxygen atoms in total. The zero-order chi connectivity index (χ0) is 12.1. The number of halogens is 2. The van der Waals surface area contributed by atoms with Crippen molar-refractivity contribution in [3.05, 3.63) is 28.2 Å². The van der Waals surface area contributed by atoms with Crippen LogP contribution in [-0.4, -0.2) is 24.6 Å². The highest BCUT2D eigenvalue weighted by Crippen LogP contribution is 2.24. The Labute approximate surface area is 103 Å². The Morgan fingerprint density at radius 3 is 2.50 bits per heavy atom. The fraction of sp³-hybridized carbons (Fsp3) is 0.200. The molecule has 0 fully saturated rings. The lowest BCUT2D eigenvalue weighted by Crippen LogP contribution is -2.29. The van der Waals surface area contributed by atoms with Crippen molar-refractivity contribution in [3.63, 3.8) is 0 Å². The Morgan fingerprint density at radius 1 is 1.44 bits per heavy atom. The summed E-state index contributed by atoms with van der Waals surface area (Å²) in [7, 11) is 1.46. The van der Waals surface area contributed by atoms with Gasteiger partial charge in [-0.1, -0.05) is 23.2 Å². The highest BCUT2D eigenvalue weighted by atomic mass is 35.5. The lowest BCUT2D eigenvalue weighted by Gasteiger charge is -2.13. The number of benzene rings is 1. The number of ether oxygens (including phenoxy) is 1. The second-order valence-corrected chi connectivity index (χ2v) is 3.86. The fourth-order valence-electron chi connectivity index (χ4n) is 0.937. The molecule has 0 spiro atoms. The van der Waals surface area contributed by atoms with Gasteiger partial charge in [0.15, 0.2) is 0 Å². The van der Waals surface area contributed by atoms with E-state index in [4.69, 9.17) is 33.2 Å². The van der Waals surface area contributed by atoms with Gasteiger partial charge < -0.3 is 4.74 Å². The van der Waals surface area contributed by atoms with Crippen LogP contribution in [0.25, 0.3) is 0 Å². The van der Waals surface area contributed by atoms with Gasteiger partial charge in [0.25, 0.3) is 0 Å². The van der Waals surface area contributed by atoms with Gasteiger partial charge in [-0.2, -0.15) is 5.26 Å². The Bertz CT molecular complexity index is 423. The van der Waals surface area contributed by atoms with Crippen LogP contribution in [0.1, 0.15) is 0 Å². The zero-order valence-electron chi connectivity index (χ0n) is 8.41. The summed E-state index contributed by atoms with van der Waals surface area (Å²) in [6, 6.07) is 6.28. The Balaban J connectivity index is 2.73. The fourth-order valence-corrected chi connectivity index (χ4v) is 1.44. The standard InChI is InChI=1S/C10H8Cl2N2O2/c1-14(3-2-13)10(15)16-9-5-7(11)4-8(12)6-9/h4-6H,3H2,1H3. The molecule has 1 aromatic rings. The summed E-state index contributed by atoms with van der Waals surface area (Å²) in [5.41, 5.74) is 0. The summed E-state index contributed by atoms with van der Waals surface area (Å²) in [5.74, 6) is 0.243. The minimum Gasteiger partial charge on any atom is -0.410 e. The summed E-state index contributed by atoms with van der Waals surface area (Å²) in [4.78, 5) is 12.5. The van der Waals surface area contributed by atoms with E-state index in [9.17, 15) is 4.79 Å². The first-order valence-electron chi connectivity index (χ1n) is 4.29. The summed E-state index contributed by atoms with van der Waals surface area (Å²) in [6.07, 6.45) is -0.639. The normalized spacial score (nSPS) is 9.38. The largest absolute Gasteiger partial charge is 0.415 e. The first kappa shape index (κ1) is 12.6. The topological polar surface area (TPSA) is 53.3 Å². The van der Waals surface area contributed by atoms with E-state index in [1.165, 1.54) is 25.2 Å². The van der Waals surface area contributed by atoms with E-state index < -0.39 is 6.09 Å². The van der Waals surface area contributed by atoms with Gasteiger partial charge in [0.1, 0.15) is 12.3 Å². The maximum Gasteiger partial charge on any atom is 0.415 e. The molecule has 0 saturated carbocycles. The lowest BCUT2D eigenvalue weighted by atomic mass is 10.3. The predicted molar refractivity (Wildman–Crippen MR) is 60.7 cm³/mol. The number of hydrogen-bond donors (Lipinski definition) is 0. The van der Waals surface area contributed by atoms with Crippen LogP contribution in [0.15, 0.2) is 18.2 Å². The van der Waals surface area contributed by atoms with E-state index in [0.717, 1.165) is 4.90 Å². The zero-order valence-corrected chi connectivity index (χ0v) is 9.92. The lowest BCUT2D eigenvalue weighted by molar-refractivity contribution is 0.168. The molecule has 6 heteroatoms. The summed E-state index contributed by atoms with van der Waals surface area (Å²) in [5, 5.41) is 9.14. The number of nitriles is 1. The molecule has 0 aliphatic rings. The van der Waals surface area contributed by atoms with Crippen LogP contribution in [0.5, 0.6) is 5.75 Å². The molecule has 0 saturated heterocycles. The molecule has 1 rings (SSSR count). The Kier molecular flexibility index (Phi) is 4.41. The SMILES string of the molecule is CN(CC#N)C(=O)Oc1cc(Cl)cc(Cl)c1. The van der Waals surface area contributed by atoms with Crippen molar-refractivity contribution in [2.45, 2.75) is 0 Å². The van der Waals surface area contributed by atoms with Crippen molar-refractivity contribution in [1.29, 1.82) is 5.26 Å². The molecule has 1 aromatic carbocycles. The molecule has 0 unspecified atom stereocenters. The highest BCUT2D eigenvalue weighted by Gasteiger charge is 2.11. The van der Waals surface area contributed by atoms with Crippen molar-refractivity contribution in [2.75, 3.05) is 13.6 Å². The van der Waals surface area contributed by atoms with Crippen LogP contribution < -0.4 is 4.74 Å². The Hall–Kier alpha value is -1.44. The van der Waals surface area contributed by atoms with Crippen LogP contribution in [0.2, 0.25) is 10.0 Å². The predicted octanol–water partition coefficient (Wildman–Crippen LogP) is 2.95. The molecule has 0 atom stereocenters. The van der Waals surface area contributed by atoms with Crippen LogP contribution in [0.4, 0.5) is 4.79 Å². The molecule has 16 heavy (non-hydrogen) atoms. The molecule has 0 heterocycles. The minimum atomic E-state index is -0.639. The third-order valence-electron chi connectivity index (χ3n) is 1.66. The summed E-state index contributed by atoms with van der Waals surface area (Å²) >= 11 is 11.5. The molecular formula is C10H8Cl2N2O2. The van der Waals surface area contributed by atoms with Crippen LogP contribution in [0.3, 0.4) is 0 Å². The van der Waals surface area contributed by atoms with Crippen molar-refractivity contribution in [1.82, 2.24) is 4.90 Å². The molecule has 0 aromatic heterocycles. The van der Waals surface area contributed by atoms with Gasteiger partial charge in [0.2, 0.25) is 0 Å². The highest BCUT2D eigenvalue weighted by molar-refractivity contribution is 6.34. The van der Waals surface area contributed by atoms with E-state index in [0.29, 0.717) is 10.0 Å². The summed E-state index contributed by atoms with van der Waals surface area (Å²) < 4.78 is 4.96.